The molecule has 1 aromatic rings. The summed E-state index contributed by atoms with van der Waals surface area (Å²) in [4.78, 5) is 26.6. The van der Waals surface area contributed by atoms with Gasteiger partial charge < -0.3 is 9.47 Å². The molecule has 0 radical (unpaired) electrons. The molecule has 6 heteroatoms. The van der Waals surface area contributed by atoms with Crippen LogP contribution in [-0.2, 0) is 14.3 Å². The average molecular weight is 538 g/mol. The number of carbonyl (C=O) groups excluding carboxylic acids is 2. The zero-order chi connectivity index (χ0) is 22.0. The Morgan fingerprint density at radius 3 is 1.70 bits per heavy atom. The standard InChI is InChI=1S/C24H26Br2O4/c1-23(2)8-15(27)20-17(10-23)30-18-11-24(3,4)9-16(28)21(18)19(20)12-6-13(25)22(29-5)14(26)7-12/h6-7,19H,8-11H2,1-5H3. The molecule has 0 amide bonds. The lowest BCUT2D eigenvalue weighted by molar-refractivity contribution is -0.120. The number of carbonyl (C=O) groups is 2. The van der Waals surface area contributed by atoms with E-state index >= 15 is 0 Å². The van der Waals surface area contributed by atoms with E-state index in [1.165, 1.54) is 0 Å². The monoisotopic (exact) mass is 536 g/mol. The molecule has 0 fully saturated rings. The number of hydrogen-bond donors (Lipinski definition) is 0. The van der Waals surface area contributed by atoms with Gasteiger partial charge in [0.2, 0.25) is 0 Å². The van der Waals surface area contributed by atoms with Gasteiger partial charge in [0.25, 0.3) is 0 Å². The van der Waals surface area contributed by atoms with Crippen molar-refractivity contribution in [2.75, 3.05) is 7.11 Å². The number of rotatable bonds is 2. The molecule has 0 saturated carbocycles. The number of Topliss-reactive ketones (excluding diaryl/α,β-unsaturated/α-hetero) is 2. The molecule has 30 heavy (non-hydrogen) atoms. The maximum atomic E-state index is 13.3. The molecule has 0 atom stereocenters. The first-order chi connectivity index (χ1) is 13.9. The third kappa shape index (κ3) is 3.70. The van der Waals surface area contributed by atoms with E-state index in [-0.39, 0.29) is 22.4 Å². The maximum Gasteiger partial charge on any atom is 0.163 e. The molecule has 1 aromatic carbocycles. The summed E-state index contributed by atoms with van der Waals surface area (Å²) in [6, 6.07) is 3.91. The summed E-state index contributed by atoms with van der Waals surface area (Å²) in [7, 11) is 1.61. The molecule has 0 aromatic heterocycles. The molecule has 0 unspecified atom stereocenters. The van der Waals surface area contributed by atoms with Crippen LogP contribution in [0.25, 0.3) is 0 Å². The second-order valence-electron chi connectivity index (χ2n) is 10.1. The van der Waals surface area contributed by atoms with E-state index in [2.05, 4.69) is 59.6 Å². The lowest BCUT2D eigenvalue weighted by Gasteiger charge is -2.42. The van der Waals surface area contributed by atoms with Crippen LogP contribution in [0.4, 0.5) is 0 Å². The highest BCUT2D eigenvalue weighted by molar-refractivity contribution is 9.11. The van der Waals surface area contributed by atoms with Gasteiger partial charge in [0.15, 0.2) is 11.6 Å². The van der Waals surface area contributed by atoms with Crippen LogP contribution >= 0.6 is 31.9 Å². The van der Waals surface area contributed by atoms with Crippen LogP contribution in [0.1, 0.15) is 64.9 Å². The van der Waals surface area contributed by atoms with Gasteiger partial charge in [-0.3, -0.25) is 9.59 Å². The van der Waals surface area contributed by atoms with E-state index in [9.17, 15) is 9.59 Å². The summed E-state index contributed by atoms with van der Waals surface area (Å²) in [5, 5.41) is 0. The predicted molar refractivity (Wildman–Crippen MR) is 122 cm³/mol. The SMILES string of the molecule is COc1c(Br)cc(C2C3=C(CC(C)(C)CC3=O)OC3=C2C(=O)CC(C)(C)C3)cc1Br. The Kier molecular flexibility index (Phi) is 5.33. The molecule has 4 rings (SSSR count). The van der Waals surface area contributed by atoms with Crippen LogP contribution in [0.15, 0.2) is 43.7 Å². The third-order valence-corrected chi connectivity index (χ3v) is 7.32. The summed E-state index contributed by atoms with van der Waals surface area (Å²) in [5.41, 5.74) is 1.86. The summed E-state index contributed by atoms with van der Waals surface area (Å²) >= 11 is 7.16. The number of ether oxygens (including phenoxy) is 2. The van der Waals surface area contributed by atoms with Crippen molar-refractivity contribution < 1.29 is 19.1 Å². The molecular formula is C24H26Br2O4. The van der Waals surface area contributed by atoms with Gasteiger partial charge in [-0.25, -0.2) is 0 Å². The molecule has 4 nitrogen and oxygen atoms in total. The average Bonchev–Trinajstić information content (AvgIpc) is 2.57. The van der Waals surface area contributed by atoms with E-state index in [1.54, 1.807) is 7.11 Å². The van der Waals surface area contributed by atoms with E-state index in [4.69, 9.17) is 9.47 Å². The summed E-state index contributed by atoms with van der Waals surface area (Å²) in [6.45, 7) is 8.36. The van der Waals surface area contributed by atoms with Gasteiger partial charge in [-0.2, -0.15) is 0 Å². The fourth-order valence-electron chi connectivity index (χ4n) is 4.95. The van der Waals surface area contributed by atoms with Crippen molar-refractivity contribution in [1.29, 1.82) is 0 Å². The number of halogens is 2. The lowest BCUT2D eigenvalue weighted by Crippen LogP contribution is -2.37. The second-order valence-corrected chi connectivity index (χ2v) is 11.8. The molecule has 0 spiro atoms. The Balaban J connectivity index is 1.94. The first-order valence-electron chi connectivity index (χ1n) is 10.2. The molecule has 3 aliphatic rings. The van der Waals surface area contributed by atoms with Gasteiger partial charge in [0, 0.05) is 42.7 Å². The maximum absolute atomic E-state index is 13.3. The molecule has 1 heterocycles. The highest BCUT2D eigenvalue weighted by Gasteiger charge is 2.47. The van der Waals surface area contributed by atoms with Gasteiger partial charge in [-0.15, -0.1) is 0 Å². The van der Waals surface area contributed by atoms with Crippen LogP contribution in [0, 0.1) is 10.8 Å². The lowest BCUT2D eigenvalue weighted by atomic mass is 9.65. The van der Waals surface area contributed by atoms with Crippen molar-refractivity contribution in [3.8, 4) is 5.75 Å². The van der Waals surface area contributed by atoms with Crippen molar-refractivity contribution >= 4 is 43.4 Å². The van der Waals surface area contributed by atoms with E-state index in [1.807, 2.05) is 12.1 Å². The van der Waals surface area contributed by atoms with Gasteiger partial charge in [0.1, 0.15) is 17.3 Å². The predicted octanol–water partition coefficient (Wildman–Crippen LogP) is 6.62. The van der Waals surface area contributed by atoms with E-state index < -0.39 is 5.92 Å². The normalized spacial score (nSPS) is 23.2. The fourth-order valence-corrected chi connectivity index (χ4v) is 6.49. The van der Waals surface area contributed by atoms with Crippen molar-refractivity contribution in [3.63, 3.8) is 0 Å². The topological polar surface area (TPSA) is 52.6 Å². The Morgan fingerprint density at radius 1 is 0.867 bits per heavy atom. The highest BCUT2D eigenvalue weighted by atomic mass is 79.9. The number of allylic oxidation sites excluding steroid dienone is 4. The van der Waals surface area contributed by atoms with Crippen LogP contribution in [0.2, 0.25) is 0 Å². The Bertz CT molecular complexity index is 955. The van der Waals surface area contributed by atoms with E-state index in [0.29, 0.717) is 42.6 Å². The van der Waals surface area contributed by atoms with Gasteiger partial charge in [0.05, 0.1) is 16.1 Å². The molecule has 0 saturated heterocycles. The molecule has 0 N–H and O–H groups in total. The number of hydrogen-bond acceptors (Lipinski definition) is 4. The van der Waals surface area contributed by atoms with Crippen molar-refractivity contribution in [3.05, 3.63) is 49.3 Å². The Morgan fingerprint density at radius 2 is 1.30 bits per heavy atom. The first kappa shape index (κ1) is 21.8. The van der Waals surface area contributed by atoms with Crippen LogP contribution in [0.5, 0.6) is 5.75 Å². The second kappa shape index (κ2) is 7.33. The quantitative estimate of drug-likeness (QED) is 0.425. The molecule has 1 aliphatic heterocycles. The molecule has 0 bridgehead atoms. The smallest absolute Gasteiger partial charge is 0.163 e. The van der Waals surface area contributed by atoms with Gasteiger partial charge in [-0.05, 0) is 60.4 Å². The largest absolute Gasteiger partial charge is 0.494 e. The zero-order valence-corrected chi connectivity index (χ0v) is 21.1. The fraction of sp³-hybridized carbons (Fsp3) is 0.500. The minimum atomic E-state index is -0.408. The molecule has 2 aliphatic carbocycles. The van der Waals surface area contributed by atoms with Crippen LogP contribution < -0.4 is 4.74 Å². The summed E-state index contributed by atoms with van der Waals surface area (Å²) in [6.07, 6.45) is 2.28. The Labute approximate surface area is 194 Å². The number of methoxy groups -OCH3 is 1. The summed E-state index contributed by atoms with van der Waals surface area (Å²) < 4.78 is 13.3. The minimum Gasteiger partial charge on any atom is -0.494 e. The van der Waals surface area contributed by atoms with Crippen molar-refractivity contribution in [1.82, 2.24) is 0 Å². The number of ketones is 2. The first-order valence-corrected chi connectivity index (χ1v) is 11.7. The number of benzene rings is 1. The van der Waals surface area contributed by atoms with Gasteiger partial charge >= 0.3 is 0 Å². The van der Waals surface area contributed by atoms with Crippen molar-refractivity contribution in [2.45, 2.75) is 59.3 Å². The third-order valence-electron chi connectivity index (χ3n) is 6.14. The van der Waals surface area contributed by atoms with Crippen LogP contribution in [-0.4, -0.2) is 18.7 Å². The molecular weight excluding hydrogens is 512 g/mol. The molecule has 160 valence electrons. The van der Waals surface area contributed by atoms with Crippen LogP contribution in [0.3, 0.4) is 0 Å². The minimum absolute atomic E-state index is 0.0681. The Hall–Kier alpha value is -1.40. The highest BCUT2D eigenvalue weighted by Crippen LogP contribution is 2.54. The van der Waals surface area contributed by atoms with Gasteiger partial charge in [-0.1, -0.05) is 27.7 Å². The van der Waals surface area contributed by atoms with E-state index in [0.717, 1.165) is 26.0 Å². The zero-order valence-electron chi connectivity index (χ0n) is 17.9. The summed E-state index contributed by atoms with van der Waals surface area (Å²) in [5.74, 6) is 1.87. The van der Waals surface area contributed by atoms with Crippen molar-refractivity contribution in [2.24, 2.45) is 10.8 Å².